The number of pyridine rings is 1. The highest BCUT2D eigenvalue weighted by molar-refractivity contribution is 7.89. The van der Waals surface area contributed by atoms with E-state index in [1.54, 1.807) is 0 Å². The van der Waals surface area contributed by atoms with Gasteiger partial charge in [0.05, 0.1) is 13.5 Å². The van der Waals surface area contributed by atoms with Crippen molar-refractivity contribution in [1.29, 1.82) is 0 Å². The zero-order valence-corrected chi connectivity index (χ0v) is 13.2. The maximum Gasteiger partial charge on any atom is 0.307 e. The normalized spacial score (nSPS) is 20.2. The van der Waals surface area contributed by atoms with Gasteiger partial charge in [0, 0.05) is 18.8 Å². The quantitative estimate of drug-likeness (QED) is 0.621. The van der Waals surface area contributed by atoms with Crippen molar-refractivity contribution in [3.05, 3.63) is 23.5 Å². The van der Waals surface area contributed by atoms with Crippen molar-refractivity contribution in [2.24, 2.45) is 0 Å². The van der Waals surface area contributed by atoms with Crippen molar-refractivity contribution in [3.63, 3.8) is 0 Å². The Morgan fingerprint density at radius 1 is 1.48 bits per heavy atom. The third-order valence-electron chi connectivity index (χ3n) is 3.51. The zero-order valence-electron chi connectivity index (χ0n) is 11.7. The number of carbonyl (C=O) groups is 1. The molecule has 0 saturated carbocycles. The molecule has 1 saturated heterocycles. The molecule has 6 nitrogen and oxygen atoms in total. The van der Waals surface area contributed by atoms with E-state index < -0.39 is 16.0 Å². The molecule has 8 heteroatoms. The van der Waals surface area contributed by atoms with E-state index in [4.69, 9.17) is 11.6 Å². The first-order valence-electron chi connectivity index (χ1n) is 6.65. The summed E-state index contributed by atoms with van der Waals surface area (Å²) in [6.07, 6.45) is 3.62. The smallest absolute Gasteiger partial charge is 0.307 e. The highest BCUT2D eigenvalue weighted by atomic mass is 35.5. The van der Waals surface area contributed by atoms with Gasteiger partial charge in [-0.15, -0.1) is 0 Å². The molecule has 1 atom stereocenters. The molecular formula is C13H17ClN2O4S. The summed E-state index contributed by atoms with van der Waals surface area (Å²) in [5.41, 5.74) is 0. The van der Waals surface area contributed by atoms with E-state index in [-0.39, 0.29) is 22.5 Å². The molecule has 1 aliphatic rings. The Balaban J connectivity index is 2.27. The molecule has 21 heavy (non-hydrogen) atoms. The van der Waals surface area contributed by atoms with Crippen LogP contribution >= 0.6 is 11.6 Å². The van der Waals surface area contributed by atoms with Gasteiger partial charge in [0.1, 0.15) is 10.0 Å². The van der Waals surface area contributed by atoms with Crippen LogP contribution in [0.5, 0.6) is 0 Å². The number of carbonyl (C=O) groups excluding carboxylic acids is 1. The average molecular weight is 333 g/mol. The molecule has 1 aromatic heterocycles. The standard InChI is InChI=1S/C13H17ClN2O4S/c1-20-13(17)8-10-4-2-3-7-16(10)21(18,19)11-5-6-12(14)15-9-11/h5-6,9-10H,2-4,7-8H2,1H3. The first-order valence-corrected chi connectivity index (χ1v) is 8.47. The molecule has 116 valence electrons. The van der Waals surface area contributed by atoms with Crippen LogP contribution in [0.25, 0.3) is 0 Å². The zero-order chi connectivity index (χ0) is 15.5. The van der Waals surface area contributed by atoms with Crippen molar-refractivity contribution in [2.75, 3.05) is 13.7 Å². The van der Waals surface area contributed by atoms with Gasteiger partial charge in [-0.25, -0.2) is 13.4 Å². The van der Waals surface area contributed by atoms with Gasteiger partial charge in [-0.05, 0) is 25.0 Å². The summed E-state index contributed by atoms with van der Waals surface area (Å²) in [6.45, 7) is 0.395. The molecule has 0 aromatic carbocycles. The van der Waals surface area contributed by atoms with Gasteiger partial charge in [-0.1, -0.05) is 18.0 Å². The predicted molar refractivity (Wildman–Crippen MR) is 77.4 cm³/mol. The second-order valence-electron chi connectivity index (χ2n) is 4.86. The van der Waals surface area contributed by atoms with Gasteiger partial charge in [-0.3, -0.25) is 4.79 Å². The average Bonchev–Trinajstić information content (AvgIpc) is 2.48. The van der Waals surface area contributed by atoms with Crippen LogP contribution in [0.1, 0.15) is 25.7 Å². The van der Waals surface area contributed by atoms with Gasteiger partial charge in [0.15, 0.2) is 0 Å². The molecular weight excluding hydrogens is 316 g/mol. The Bertz CT molecular complexity index is 603. The number of rotatable bonds is 4. The SMILES string of the molecule is COC(=O)CC1CCCCN1S(=O)(=O)c1ccc(Cl)nc1. The van der Waals surface area contributed by atoms with E-state index >= 15 is 0 Å². The minimum atomic E-state index is -3.68. The number of hydrogen-bond acceptors (Lipinski definition) is 5. The summed E-state index contributed by atoms with van der Waals surface area (Å²) in [7, 11) is -2.38. The maximum atomic E-state index is 12.7. The minimum absolute atomic E-state index is 0.0662. The molecule has 0 N–H and O–H groups in total. The number of ether oxygens (including phenoxy) is 1. The Morgan fingerprint density at radius 2 is 2.24 bits per heavy atom. The maximum absolute atomic E-state index is 12.7. The number of aromatic nitrogens is 1. The van der Waals surface area contributed by atoms with Gasteiger partial charge >= 0.3 is 5.97 Å². The van der Waals surface area contributed by atoms with Crippen LogP contribution in [0.3, 0.4) is 0 Å². The predicted octanol–water partition coefficient (Wildman–Crippen LogP) is 1.84. The highest BCUT2D eigenvalue weighted by Crippen LogP contribution is 2.27. The molecule has 1 fully saturated rings. The third kappa shape index (κ3) is 3.72. The molecule has 1 aliphatic heterocycles. The van der Waals surface area contributed by atoms with Crippen molar-refractivity contribution in [1.82, 2.24) is 9.29 Å². The fraction of sp³-hybridized carbons (Fsp3) is 0.538. The number of hydrogen-bond donors (Lipinski definition) is 0. The fourth-order valence-corrected chi connectivity index (χ4v) is 4.17. The van der Waals surface area contributed by atoms with Crippen LogP contribution in [-0.4, -0.2) is 43.4 Å². The van der Waals surface area contributed by atoms with Crippen molar-refractivity contribution in [2.45, 2.75) is 36.6 Å². The van der Waals surface area contributed by atoms with Gasteiger partial charge in [0.2, 0.25) is 10.0 Å². The second-order valence-corrected chi connectivity index (χ2v) is 7.14. The van der Waals surface area contributed by atoms with Crippen LogP contribution in [0.15, 0.2) is 23.2 Å². The number of esters is 1. The summed E-state index contributed by atoms with van der Waals surface area (Å²) in [5, 5.41) is 0.235. The number of piperidine rings is 1. The van der Waals surface area contributed by atoms with Crippen LogP contribution in [0.4, 0.5) is 0 Å². The van der Waals surface area contributed by atoms with Crippen LogP contribution in [-0.2, 0) is 19.6 Å². The van der Waals surface area contributed by atoms with E-state index in [9.17, 15) is 13.2 Å². The fourth-order valence-electron chi connectivity index (χ4n) is 2.42. The minimum Gasteiger partial charge on any atom is -0.469 e. The Kier molecular flexibility index (Phi) is 5.18. The molecule has 0 bridgehead atoms. The molecule has 2 heterocycles. The third-order valence-corrected chi connectivity index (χ3v) is 5.67. The summed E-state index contributed by atoms with van der Waals surface area (Å²) >= 11 is 5.68. The lowest BCUT2D eigenvalue weighted by Gasteiger charge is -2.33. The summed E-state index contributed by atoms with van der Waals surface area (Å²) < 4.78 is 31.4. The van der Waals surface area contributed by atoms with Gasteiger partial charge < -0.3 is 4.74 Å². The van der Waals surface area contributed by atoms with E-state index in [2.05, 4.69) is 9.72 Å². The van der Waals surface area contributed by atoms with Crippen LogP contribution in [0.2, 0.25) is 5.15 Å². The molecule has 0 amide bonds. The Hall–Kier alpha value is -1.18. The molecule has 2 rings (SSSR count). The lowest BCUT2D eigenvalue weighted by molar-refractivity contribution is -0.141. The summed E-state index contributed by atoms with van der Waals surface area (Å²) in [4.78, 5) is 15.4. The monoisotopic (exact) mass is 332 g/mol. The van der Waals surface area contributed by atoms with E-state index in [1.165, 1.54) is 29.7 Å². The Morgan fingerprint density at radius 3 is 2.86 bits per heavy atom. The second kappa shape index (κ2) is 6.72. The van der Waals surface area contributed by atoms with Gasteiger partial charge in [0.25, 0.3) is 0 Å². The van der Waals surface area contributed by atoms with Crippen molar-refractivity contribution < 1.29 is 17.9 Å². The van der Waals surface area contributed by atoms with E-state index in [0.717, 1.165) is 12.8 Å². The molecule has 1 aromatic rings. The lowest BCUT2D eigenvalue weighted by Crippen LogP contribution is -2.44. The topological polar surface area (TPSA) is 76.6 Å². The van der Waals surface area contributed by atoms with Crippen molar-refractivity contribution in [3.8, 4) is 0 Å². The highest BCUT2D eigenvalue weighted by Gasteiger charge is 2.35. The van der Waals surface area contributed by atoms with Crippen LogP contribution in [0, 0.1) is 0 Å². The Labute approximate surface area is 129 Å². The molecule has 0 radical (unpaired) electrons. The number of nitrogens with zero attached hydrogens (tertiary/aromatic N) is 2. The first kappa shape index (κ1) is 16.2. The molecule has 1 unspecified atom stereocenters. The summed E-state index contributed by atoms with van der Waals surface area (Å²) in [6, 6.07) is 2.49. The first-order chi connectivity index (χ1) is 9.95. The number of halogens is 1. The van der Waals surface area contributed by atoms with Crippen molar-refractivity contribution >= 4 is 27.6 Å². The molecule has 0 spiro atoms. The van der Waals surface area contributed by atoms with Gasteiger partial charge in [-0.2, -0.15) is 4.31 Å². The number of sulfonamides is 1. The van der Waals surface area contributed by atoms with E-state index in [0.29, 0.717) is 13.0 Å². The van der Waals surface area contributed by atoms with Crippen LogP contribution < -0.4 is 0 Å². The largest absolute Gasteiger partial charge is 0.469 e. The molecule has 0 aliphatic carbocycles. The van der Waals surface area contributed by atoms with E-state index in [1.807, 2.05) is 0 Å². The summed E-state index contributed by atoms with van der Waals surface area (Å²) in [5.74, 6) is -0.406. The number of methoxy groups -OCH3 is 1. The lowest BCUT2D eigenvalue weighted by atomic mass is 10.0.